The van der Waals surface area contributed by atoms with E-state index in [0.717, 1.165) is 31.5 Å². The van der Waals surface area contributed by atoms with Crippen molar-refractivity contribution in [1.29, 1.82) is 0 Å². The van der Waals surface area contributed by atoms with Gasteiger partial charge in [0.2, 0.25) is 0 Å². The van der Waals surface area contributed by atoms with Gasteiger partial charge in [-0.3, -0.25) is 9.48 Å². The molecule has 0 spiro atoms. The Balaban J connectivity index is 1.50. The molecule has 1 N–H and O–H groups in total. The third-order valence-corrected chi connectivity index (χ3v) is 4.52. The molecule has 1 atom stereocenters. The minimum absolute atomic E-state index is 0.0732. The van der Waals surface area contributed by atoms with Gasteiger partial charge in [0.1, 0.15) is 5.69 Å². The first-order valence-electron chi connectivity index (χ1n) is 8.41. The summed E-state index contributed by atoms with van der Waals surface area (Å²) in [4.78, 5) is 14.8. The summed E-state index contributed by atoms with van der Waals surface area (Å²) in [7, 11) is 0. The molecule has 0 unspecified atom stereocenters. The molecule has 1 fully saturated rings. The summed E-state index contributed by atoms with van der Waals surface area (Å²) in [6, 6.07) is 9.64. The predicted octanol–water partition coefficient (Wildman–Crippen LogP) is 1.62. The summed E-state index contributed by atoms with van der Waals surface area (Å²) in [6.07, 6.45) is 5.58. The van der Waals surface area contributed by atoms with Crippen molar-refractivity contribution in [1.82, 2.24) is 35.3 Å². The number of nitrogens with one attached hydrogen (secondary N) is 1. The van der Waals surface area contributed by atoms with E-state index in [1.165, 1.54) is 0 Å². The highest BCUT2D eigenvalue weighted by Gasteiger charge is 2.28. The van der Waals surface area contributed by atoms with Crippen LogP contribution < -0.4 is 0 Å². The number of piperidine rings is 1. The van der Waals surface area contributed by atoms with Crippen molar-refractivity contribution in [2.24, 2.45) is 5.92 Å². The van der Waals surface area contributed by atoms with Crippen molar-refractivity contribution in [3.63, 3.8) is 0 Å². The molecule has 1 aliphatic heterocycles. The number of hydrogen-bond acceptors (Lipinski definition) is 5. The van der Waals surface area contributed by atoms with E-state index < -0.39 is 0 Å². The lowest BCUT2D eigenvalue weighted by Gasteiger charge is -2.32. The Morgan fingerprint density at radius 3 is 2.92 bits per heavy atom. The number of carbonyl (C=O) groups is 1. The molecular weight excluding hydrogens is 318 g/mol. The van der Waals surface area contributed by atoms with Gasteiger partial charge in [-0.25, -0.2) is 0 Å². The van der Waals surface area contributed by atoms with Crippen LogP contribution in [0.15, 0.2) is 42.7 Å². The molecule has 8 heteroatoms. The Bertz CT molecular complexity index is 828. The van der Waals surface area contributed by atoms with E-state index in [1.54, 1.807) is 6.20 Å². The molecule has 4 rings (SSSR count). The van der Waals surface area contributed by atoms with Gasteiger partial charge in [0, 0.05) is 31.4 Å². The lowest BCUT2D eigenvalue weighted by Crippen LogP contribution is -2.41. The number of nitrogens with zero attached hydrogens (tertiary/aromatic N) is 6. The number of amides is 1. The fourth-order valence-corrected chi connectivity index (χ4v) is 3.32. The minimum Gasteiger partial charge on any atom is -0.337 e. The van der Waals surface area contributed by atoms with Gasteiger partial charge in [-0.1, -0.05) is 35.5 Å². The summed E-state index contributed by atoms with van der Waals surface area (Å²) in [5.74, 6) is 0.294. The standard InChI is InChI=1S/C17H19N7O/c25-17(16-15(19-21-20-16)14-6-2-1-3-7-14)23-9-4-5-13(11-23)12-24-10-8-18-22-24/h1-3,6-8,10,13H,4-5,9,11-12H2,(H,19,20,21)/t13-/m0/s1. The van der Waals surface area contributed by atoms with Crippen LogP contribution in [0.2, 0.25) is 0 Å². The molecule has 3 heterocycles. The number of likely N-dealkylation sites (tertiary alicyclic amines) is 1. The van der Waals surface area contributed by atoms with Crippen LogP contribution in [-0.4, -0.2) is 54.3 Å². The summed E-state index contributed by atoms with van der Waals surface area (Å²) in [5, 5.41) is 18.7. The summed E-state index contributed by atoms with van der Waals surface area (Å²) < 4.78 is 1.82. The smallest absolute Gasteiger partial charge is 0.276 e. The monoisotopic (exact) mass is 337 g/mol. The zero-order chi connectivity index (χ0) is 17.1. The molecule has 0 saturated carbocycles. The third kappa shape index (κ3) is 3.28. The van der Waals surface area contributed by atoms with Crippen LogP contribution in [0.3, 0.4) is 0 Å². The highest BCUT2D eigenvalue weighted by molar-refractivity contribution is 5.97. The van der Waals surface area contributed by atoms with Crippen LogP contribution >= 0.6 is 0 Å². The fraction of sp³-hybridized carbons (Fsp3) is 0.353. The minimum atomic E-state index is -0.0732. The van der Waals surface area contributed by atoms with Gasteiger partial charge in [-0.15, -0.1) is 5.10 Å². The van der Waals surface area contributed by atoms with E-state index in [4.69, 9.17) is 0 Å². The summed E-state index contributed by atoms with van der Waals surface area (Å²) in [5.41, 5.74) is 1.87. The lowest BCUT2D eigenvalue weighted by molar-refractivity contribution is 0.0654. The zero-order valence-corrected chi connectivity index (χ0v) is 13.7. The number of aromatic nitrogens is 6. The van der Waals surface area contributed by atoms with Crippen molar-refractivity contribution >= 4 is 5.91 Å². The molecule has 8 nitrogen and oxygen atoms in total. The van der Waals surface area contributed by atoms with E-state index in [0.29, 0.717) is 23.9 Å². The zero-order valence-electron chi connectivity index (χ0n) is 13.7. The van der Waals surface area contributed by atoms with Gasteiger partial charge in [-0.2, -0.15) is 15.4 Å². The Morgan fingerprint density at radius 2 is 2.12 bits per heavy atom. The average molecular weight is 337 g/mol. The molecular formula is C17H19N7O. The van der Waals surface area contributed by atoms with E-state index in [1.807, 2.05) is 46.1 Å². The van der Waals surface area contributed by atoms with Gasteiger partial charge in [0.15, 0.2) is 5.69 Å². The van der Waals surface area contributed by atoms with Gasteiger partial charge in [0.25, 0.3) is 5.91 Å². The molecule has 25 heavy (non-hydrogen) atoms. The van der Waals surface area contributed by atoms with Gasteiger partial charge in [-0.05, 0) is 18.8 Å². The number of hydrogen-bond donors (Lipinski definition) is 1. The molecule has 1 saturated heterocycles. The second-order valence-electron chi connectivity index (χ2n) is 6.27. The largest absolute Gasteiger partial charge is 0.337 e. The lowest BCUT2D eigenvalue weighted by atomic mass is 9.97. The number of carbonyl (C=O) groups excluding carboxylic acids is 1. The van der Waals surface area contributed by atoms with Crippen LogP contribution in [-0.2, 0) is 6.54 Å². The average Bonchev–Trinajstić information content (AvgIpc) is 3.34. The first-order valence-corrected chi connectivity index (χ1v) is 8.41. The maximum absolute atomic E-state index is 13.0. The highest BCUT2D eigenvalue weighted by atomic mass is 16.2. The summed E-state index contributed by atoms with van der Waals surface area (Å²) in [6.45, 7) is 2.21. The van der Waals surface area contributed by atoms with Crippen LogP contribution in [0.25, 0.3) is 11.3 Å². The Hall–Kier alpha value is -3.03. The van der Waals surface area contributed by atoms with Crippen molar-refractivity contribution in [2.75, 3.05) is 13.1 Å². The van der Waals surface area contributed by atoms with E-state index in [-0.39, 0.29) is 5.91 Å². The molecule has 0 radical (unpaired) electrons. The maximum atomic E-state index is 13.0. The van der Waals surface area contributed by atoms with Crippen molar-refractivity contribution in [2.45, 2.75) is 19.4 Å². The van der Waals surface area contributed by atoms with Gasteiger partial charge in [0.05, 0.1) is 6.20 Å². The Kier molecular flexibility index (Phi) is 4.24. The Morgan fingerprint density at radius 1 is 1.24 bits per heavy atom. The molecule has 1 amide bonds. The molecule has 0 bridgehead atoms. The number of H-pyrrole nitrogens is 1. The topological polar surface area (TPSA) is 92.6 Å². The molecule has 2 aromatic heterocycles. The first kappa shape index (κ1) is 15.5. The second kappa shape index (κ2) is 6.84. The number of rotatable bonds is 4. The number of benzene rings is 1. The summed E-state index contributed by atoms with van der Waals surface area (Å²) >= 11 is 0. The second-order valence-corrected chi connectivity index (χ2v) is 6.27. The molecule has 3 aromatic rings. The van der Waals surface area contributed by atoms with Crippen LogP contribution in [0.1, 0.15) is 23.3 Å². The van der Waals surface area contributed by atoms with Crippen molar-refractivity contribution < 1.29 is 4.79 Å². The first-order chi connectivity index (χ1) is 12.3. The fourth-order valence-electron chi connectivity index (χ4n) is 3.32. The quantitative estimate of drug-likeness (QED) is 0.781. The van der Waals surface area contributed by atoms with Crippen LogP contribution in [0.5, 0.6) is 0 Å². The molecule has 1 aromatic carbocycles. The SMILES string of the molecule is O=C(c1n[nH]nc1-c1ccccc1)N1CCC[C@H](Cn2ccnn2)C1. The molecule has 128 valence electrons. The van der Waals surface area contributed by atoms with E-state index >= 15 is 0 Å². The van der Waals surface area contributed by atoms with Crippen molar-refractivity contribution in [3.05, 3.63) is 48.4 Å². The Labute approximate surface area is 144 Å². The molecule has 1 aliphatic rings. The molecule has 0 aliphatic carbocycles. The normalized spacial score (nSPS) is 17.6. The number of aromatic amines is 1. The van der Waals surface area contributed by atoms with E-state index in [9.17, 15) is 4.79 Å². The van der Waals surface area contributed by atoms with Crippen LogP contribution in [0, 0.1) is 5.92 Å². The third-order valence-electron chi connectivity index (χ3n) is 4.52. The van der Waals surface area contributed by atoms with Crippen molar-refractivity contribution in [3.8, 4) is 11.3 Å². The van der Waals surface area contributed by atoms with Crippen LogP contribution in [0.4, 0.5) is 0 Å². The van der Waals surface area contributed by atoms with Gasteiger partial charge >= 0.3 is 0 Å². The maximum Gasteiger partial charge on any atom is 0.276 e. The highest BCUT2D eigenvalue weighted by Crippen LogP contribution is 2.24. The predicted molar refractivity (Wildman–Crippen MR) is 90.5 cm³/mol. The van der Waals surface area contributed by atoms with E-state index in [2.05, 4.69) is 25.7 Å². The van der Waals surface area contributed by atoms with Gasteiger partial charge < -0.3 is 4.90 Å².